The van der Waals surface area contributed by atoms with Crippen molar-refractivity contribution in [1.82, 2.24) is 20.4 Å². The molecule has 2 heterocycles. The molecule has 2 N–H and O–H groups in total. The van der Waals surface area contributed by atoms with Crippen LogP contribution in [0.15, 0.2) is 24.3 Å². The molecular formula is C15H17ClN4O3. The van der Waals surface area contributed by atoms with Gasteiger partial charge in [-0.25, -0.2) is 9.59 Å². The summed E-state index contributed by atoms with van der Waals surface area (Å²) in [4.78, 5) is 38.7. The highest BCUT2D eigenvalue weighted by Gasteiger charge is 2.43. The Balaban J connectivity index is 1.63. The summed E-state index contributed by atoms with van der Waals surface area (Å²) in [6.45, 7) is 2.81. The van der Waals surface area contributed by atoms with Crippen molar-refractivity contribution in [2.45, 2.75) is 19.0 Å². The molecule has 3 rings (SSSR count). The molecule has 1 unspecified atom stereocenters. The minimum Gasteiger partial charge on any atom is -0.331 e. The minimum absolute atomic E-state index is 0.200. The molecule has 2 aliphatic rings. The van der Waals surface area contributed by atoms with Gasteiger partial charge in [0.15, 0.2) is 0 Å². The van der Waals surface area contributed by atoms with Crippen LogP contribution in [0.3, 0.4) is 0 Å². The summed E-state index contributed by atoms with van der Waals surface area (Å²) in [6.07, 6.45) is 0. The van der Waals surface area contributed by atoms with Crippen molar-refractivity contribution in [3.63, 3.8) is 0 Å². The van der Waals surface area contributed by atoms with Crippen LogP contribution in [0.25, 0.3) is 0 Å². The van der Waals surface area contributed by atoms with Gasteiger partial charge in [-0.3, -0.25) is 10.1 Å². The maximum Gasteiger partial charge on any atom is 0.324 e. The summed E-state index contributed by atoms with van der Waals surface area (Å²) in [5.74, 6) is -0.351. The van der Waals surface area contributed by atoms with E-state index < -0.39 is 6.04 Å². The number of hydrogen-bond donors (Lipinski definition) is 2. The van der Waals surface area contributed by atoms with E-state index in [4.69, 9.17) is 11.6 Å². The van der Waals surface area contributed by atoms with Crippen molar-refractivity contribution >= 4 is 29.6 Å². The summed E-state index contributed by atoms with van der Waals surface area (Å²) in [6, 6.07) is 5.84. The highest BCUT2D eigenvalue weighted by molar-refractivity contribution is 6.30. The Kier molecular flexibility index (Phi) is 4.12. The number of fused-ring (bicyclic) bond motifs is 1. The third-order valence-corrected chi connectivity index (χ3v) is 4.38. The van der Waals surface area contributed by atoms with Gasteiger partial charge in [-0.1, -0.05) is 23.7 Å². The number of halogens is 1. The van der Waals surface area contributed by atoms with Crippen LogP contribution in [-0.4, -0.2) is 53.4 Å². The topological polar surface area (TPSA) is 81.8 Å². The van der Waals surface area contributed by atoms with Gasteiger partial charge in [0.2, 0.25) is 0 Å². The maximum atomic E-state index is 12.4. The lowest BCUT2D eigenvalue weighted by molar-refractivity contribution is -0.122. The van der Waals surface area contributed by atoms with Crippen molar-refractivity contribution < 1.29 is 14.4 Å². The van der Waals surface area contributed by atoms with Gasteiger partial charge >= 0.3 is 12.1 Å². The minimum atomic E-state index is -0.594. The Labute approximate surface area is 138 Å². The zero-order chi connectivity index (χ0) is 16.6. The first-order chi connectivity index (χ1) is 11.0. The van der Waals surface area contributed by atoms with Crippen LogP contribution in [0.2, 0.25) is 5.02 Å². The van der Waals surface area contributed by atoms with Crippen LogP contribution in [0.1, 0.15) is 18.5 Å². The molecular weight excluding hydrogens is 320 g/mol. The Morgan fingerprint density at radius 3 is 2.91 bits per heavy atom. The zero-order valence-electron chi connectivity index (χ0n) is 12.6. The second-order valence-corrected chi connectivity index (χ2v) is 6.11. The summed E-state index contributed by atoms with van der Waals surface area (Å²) in [5.41, 5.74) is 0.901. The maximum absolute atomic E-state index is 12.4. The third kappa shape index (κ3) is 3.10. The number of benzene rings is 1. The molecule has 0 spiro atoms. The lowest BCUT2D eigenvalue weighted by Gasteiger charge is -2.35. The molecule has 2 atom stereocenters. The van der Waals surface area contributed by atoms with Crippen LogP contribution < -0.4 is 10.6 Å². The number of nitrogens with zero attached hydrogens (tertiary/aromatic N) is 2. The number of rotatable bonds is 2. The number of urea groups is 2. The third-order valence-electron chi connectivity index (χ3n) is 4.15. The fraction of sp³-hybridized carbons (Fsp3) is 0.400. The quantitative estimate of drug-likeness (QED) is 0.800. The number of nitrogens with one attached hydrogen (secondary N) is 2. The van der Waals surface area contributed by atoms with E-state index in [2.05, 4.69) is 10.6 Å². The van der Waals surface area contributed by atoms with E-state index in [1.807, 2.05) is 19.1 Å². The van der Waals surface area contributed by atoms with E-state index in [0.29, 0.717) is 18.1 Å². The van der Waals surface area contributed by atoms with Crippen LogP contribution in [0.5, 0.6) is 0 Å². The van der Waals surface area contributed by atoms with Crippen LogP contribution >= 0.6 is 11.6 Å². The molecule has 1 aromatic carbocycles. The van der Waals surface area contributed by atoms with Gasteiger partial charge in [0.1, 0.15) is 6.04 Å². The van der Waals surface area contributed by atoms with E-state index in [0.717, 1.165) is 5.56 Å². The first-order valence-corrected chi connectivity index (χ1v) is 7.76. The largest absolute Gasteiger partial charge is 0.331 e. The molecule has 0 aromatic heterocycles. The smallest absolute Gasteiger partial charge is 0.324 e. The lowest BCUT2D eigenvalue weighted by atomic mass is 10.1. The van der Waals surface area contributed by atoms with E-state index in [1.165, 1.54) is 4.90 Å². The first kappa shape index (κ1) is 15.6. The summed E-state index contributed by atoms with van der Waals surface area (Å²) < 4.78 is 0. The summed E-state index contributed by atoms with van der Waals surface area (Å²) >= 11 is 5.96. The van der Waals surface area contributed by atoms with Crippen molar-refractivity contribution in [1.29, 1.82) is 0 Å². The van der Waals surface area contributed by atoms with Gasteiger partial charge in [-0.05, 0) is 24.6 Å². The fourth-order valence-corrected chi connectivity index (χ4v) is 3.03. The molecule has 1 aromatic rings. The van der Waals surface area contributed by atoms with Crippen molar-refractivity contribution in [2.75, 3.05) is 19.6 Å². The standard InChI is InChI=1S/C15H17ClN4O3/c1-9(10-3-2-4-11(16)7-10)17-14(22)19-5-6-20-12(8-19)13(21)18-15(20)23/h2-4,7,9,12H,5-6,8H2,1H3,(H,17,22)(H,18,21,23)/t9-,12?/m1/s1. The number of piperazine rings is 1. The van der Waals surface area contributed by atoms with Gasteiger partial charge < -0.3 is 15.1 Å². The predicted molar refractivity (Wildman–Crippen MR) is 84.0 cm³/mol. The van der Waals surface area contributed by atoms with Gasteiger partial charge in [0.05, 0.1) is 12.6 Å². The average molecular weight is 337 g/mol. The first-order valence-electron chi connectivity index (χ1n) is 7.38. The van der Waals surface area contributed by atoms with Crippen LogP contribution in [0, 0.1) is 0 Å². The monoisotopic (exact) mass is 336 g/mol. The SMILES string of the molecule is C[C@@H](NC(=O)N1CCN2C(=O)NC(=O)C2C1)c1cccc(Cl)c1. The molecule has 122 valence electrons. The molecule has 0 bridgehead atoms. The van der Waals surface area contributed by atoms with Gasteiger partial charge in [-0.15, -0.1) is 0 Å². The molecule has 2 fully saturated rings. The average Bonchev–Trinajstić information content (AvgIpc) is 2.81. The molecule has 0 radical (unpaired) electrons. The normalized spacial score (nSPS) is 21.7. The number of carbonyl (C=O) groups is 3. The van der Waals surface area contributed by atoms with E-state index >= 15 is 0 Å². The predicted octanol–water partition coefficient (Wildman–Crippen LogP) is 1.35. The van der Waals surface area contributed by atoms with E-state index in [1.54, 1.807) is 17.0 Å². The molecule has 5 amide bonds. The molecule has 2 saturated heterocycles. The Morgan fingerprint density at radius 2 is 2.17 bits per heavy atom. The Bertz CT molecular complexity index is 666. The van der Waals surface area contributed by atoms with Crippen LogP contribution in [0.4, 0.5) is 9.59 Å². The molecule has 7 nitrogen and oxygen atoms in total. The lowest BCUT2D eigenvalue weighted by Crippen LogP contribution is -2.56. The summed E-state index contributed by atoms with van der Waals surface area (Å²) in [5, 5.41) is 5.77. The van der Waals surface area contributed by atoms with Crippen molar-refractivity contribution in [2.24, 2.45) is 0 Å². The number of hydrogen-bond acceptors (Lipinski definition) is 3. The molecule has 0 aliphatic carbocycles. The number of carbonyl (C=O) groups excluding carboxylic acids is 3. The zero-order valence-corrected chi connectivity index (χ0v) is 13.3. The molecule has 0 saturated carbocycles. The second kappa shape index (κ2) is 6.08. The molecule has 23 heavy (non-hydrogen) atoms. The summed E-state index contributed by atoms with van der Waals surface area (Å²) in [7, 11) is 0. The Hall–Kier alpha value is -2.28. The van der Waals surface area contributed by atoms with Crippen molar-refractivity contribution in [3.8, 4) is 0 Å². The van der Waals surface area contributed by atoms with Crippen LogP contribution in [-0.2, 0) is 4.79 Å². The second-order valence-electron chi connectivity index (χ2n) is 5.68. The van der Waals surface area contributed by atoms with Crippen molar-refractivity contribution in [3.05, 3.63) is 34.9 Å². The highest BCUT2D eigenvalue weighted by atomic mass is 35.5. The molecule has 8 heteroatoms. The Morgan fingerprint density at radius 1 is 1.39 bits per heavy atom. The molecule has 2 aliphatic heterocycles. The van der Waals surface area contributed by atoms with E-state index in [-0.39, 0.29) is 30.6 Å². The van der Waals surface area contributed by atoms with Gasteiger partial charge in [-0.2, -0.15) is 0 Å². The van der Waals surface area contributed by atoms with E-state index in [9.17, 15) is 14.4 Å². The fourth-order valence-electron chi connectivity index (χ4n) is 2.83. The van der Waals surface area contributed by atoms with Gasteiger partial charge in [0, 0.05) is 18.1 Å². The highest BCUT2D eigenvalue weighted by Crippen LogP contribution is 2.19. The number of imide groups is 1. The number of amides is 5. The van der Waals surface area contributed by atoms with Gasteiger partial charge in [0.25, 0.3) is 5.91 Å².